The molecule has 0 amide bonds. The van der Waals surface area contributed by atoms with Crippen molar-refractivity contribution in [3.8, 4) is 11.8 Å². The quantitative estimate of drug-likeness (QED) is 0.391. The van der Waals surface area contributed by atoms with Crippen LogP contribution in [-0.2, 0) is 0 Å². The van der Waals surface area contributed by atoms with Crippen LogP contribution in [0.1, 0.15) is 18.4 Å². The molecule has 0 unspecified atom stereocenters. The van der Waals surface area contributed by atoms with Crippen molar-refractivity contribution >= 4 is 39.8 Å². The van der Waals surface area contributed by atoms with Crippen molar-refractivity contribution in [2.75, 3.05) is 11.9 Å². The first-order valence-electron chi connectivity index (χ1n) is 9.50. The molecule has 5 rings (SSSR count). The summed E-state index contributed by atoms with van der Waals surface area (Å²) in [6.45, 7) is 0. The van der Waals surface area contributed by atoms with E-state index in [0.717, 1.165) is 16.6 Å². The summed E-state index contributed by atoms with van der Waals surface area (Å²) in [5.74, 6) is 6.18. The topological polar surface area (TPSA) is 46.3 Å². The third-order valence-electron chi connectivity index (χ3n) is 5.49. The van der Waals surface area contributed by atoms with Gasteiger partial charge in [-0.05, 0) is 49.2 Å². The van der Waals surface area contributed by atoms with Crippen LogP contribution in [0.2, 0.25) is 5.02 Å². The van der Waals surface area contributed by atoms with Gasteiger partial charge in [-0.25, -0.2) is 0 Å². The molecule has 1 fully saturated rings. The number of fused-ring (bicyclic) bond motifs is 3. The van der Waals surface area contributed by atoms with Gasteiger partial charge < -0.3 is 4.90 Å². The summed E-state index contributed by atoms with van der Waals surface area (Å²) in [6, 6.07) is 12.5. The molecule has 156 valence electrons. The van der Waals surface area contributed by atoms with Crippen LogP contribution in [0.4, 0.5) is 24.7 Å². The summed E-state index contributed by atoms with van der Waals surface area (Å²) in [6.07, 6.45) is -2.62. The lowest BCUT2D eigenvalue weighted by Crippen LogP contribution is -2.22. The van der Waals surface area contributed by atoms with Gasteiger partial charge in [0.25, 0.3) is 5.78 Å². The van der Waals surface area contributed by atoms with Crippen molar-refractivity contribution in [2.45, 2.75) is 19.0 Å². The van der Waals surface area contributed by atoms with Gasteiger partial charge in [-0.15, -0.1) is 10.2 Å². The van der Waals surface area contributed by atoms with E-state index in [0.29, 0.717) is 22.2 Å². The molecule has 0 atom stereocenters. The largest absolute Gasteiger partial charge is 0.405 e. The Bertz CT molecular complexity index is 1380. The summed E-state index contributed by atoms with van der Waals surface area (Å²) >= 11 is 6.18. The van der Waals surface area contributed by atoms with E-state index < -0.39 is 11.6 Å². The zero-order valence-electron chi connectivity index (χ0n) is 16.3. The van der Waals surface area contributed by atoms with Crippen molar-refractivity contribution in [1.82, 2.24) is 19.6 Å². The zero-order valence-corrected chi connectivity index (χ0v) is 17.0. The highest BCUT2D eigenvalue weighted by Gasteiger charge is 2.62. The van der Waals surface area contributed by atoms with Gasteiger partial charge in [0.05, 0.1) is 5.52 Å². The van der Waals surface area contributed by atoms with Gasteiger partial charge in [0.1, 0.15) is 17.6 Å². The van der Waals surface area contributed by atoms with Crippen LogP contribution >= 0.6 is 11.6 Å². The molecule has 0 aliphatic heterocycles. The number of rotatable bonds is 2. The summed E-state index contributed by atoms with van der Waals surface area (Å²) in [4.78, 5) is 6.45. The molecule has 4 aromatic rings. The Kier molecular flexibility index (Phi) is 4.34. The number of aromatic nitrogens is 4. The maximum absolute atomic E-state index is 13.2. The predicted octanol–water partition coefficient (Wildman–Crippen LogP) is 5.39. The third kappa shape index (κ3) is 3.35. The molecule has 5 nitrogen and oxygen atoms in total. The molecule has 9 heteroatoms. The summed E-state index contributed by atoms with van der Waals surface area (Å²) in [5.41, 5.74) is 0.179. The van der Waals surface area contributed by atoms with Gasteiger partial charge in [-0.3, -0.25) is 4.40 Å². The Morgan fingerprint density at radius 3 is 2.71 bits per heavy atom. The molecule has 31 heavy (non-hydrogen) atoms. The van der Waals surface area contributed by atoms with Gasteiger partial charge in [-0.1, -0.05) is 29.5 Å². The minimum atomic E-state index is -4.30. The molecular weight excluding hydrogens is 427 g/mol. The summed E-state index contributed by atoms with van der Waals surface area (Å²) in [5, 5.41) is 9.35. The number of benzene rings is 2. The molecule has 1 aliphatic carbocycles. The Morgan fingerprint density at radius 2 is 1.97 bits per heavy atom. The maximum atomic E-state index is 13.2. The van der Waals surface area contributed by atoms with E-state index in [1.54, 1.807) is 41.1 Å². The van der Waals surface area contributed by atoms with Crippen molar-refractivity contribution in [2.24, 2.45) is 5.41 Å². The second kappa shape index (κ2) is 6.86. The van der Waals surface area contributed by atoms with Crippen molar-refractivity contribution < 1.29 is 13.2 Å². The first-order chi connectivity index (χ1) is 14.8. The number of hydrogen-bond acceptors (Lipinski definition) is 4. The lowest BCUT2D eigenvalue weighted by Gasteiger charge is -2.21. The highest BCUT2D eigenvalue weighted by molar-refractivity contribution is 6.31. The Labute approximate surface area is 180 Å². The zero-order chi connectivity index (χ0) is 21.8. The molecule has 0 N–H and O–H groups in total. The van der Waals surface area contributed by atoms with E-state index in [4.69, 9.17) is 11.6 Å². The van der Waals surface area contributed by atoms with Crippen LogP contribution in [0, 0.1) is 17.3 Å². The highest BCUT2D eigenvalue weighted by atomic mass is 35.5. The second-order valence-corrected chi connectivity index (χ2v) is 7.97. The van der Waals surface area contributed by atoms with Crippen LogP contribution < -0.4 is 4.90 Å². The minimum Gasteiger partial charge on any atom is -0.329 e. The molecule has 0 bridgehead atoms. The van der Waals surface area contributed by atoms with Crippen LogP contribution in [0.5, 0.6) is 0 Å². The molecule has 1 aliphatic rings. The monoisotopic (exact) mass is 441 g/mol. The van der Waals surface area contributed by atoms with Crippen LogP contribution in [0.3, 0.4) is 0 Å². The fourth-order valence-corrected chi connectivity index (χ4v) is 3.66. The molecule has 0 spiro atoms. The van der Waals surface area contributed by atoms with Crippen LogP contribution in [0.25, 0.3) is 16.7 Å². The summed E-state index contributed by atoms with van der Waals surface area (Å²) in [7, 11) is 1.83. The lowest BCUT2D eigenvalue weighted by molar-refractivity contribution is -0.168. The standard InChI is InChI=1S/C22H15ClF3N5/c1-30(16-4-2-3-14(11-16)7-8-21(9-10-21)22(24,25)26)19-17-6-5-15(23)12-18(17)31-13-27-29-20(31)28-19/h2-6,11-13H,9-10H2,1H3. The molecular formula is C22H15ClF3N5. The number of alkyl halides is 3. The van der Waals surface area contributed by atoms with Crippen molar-refractivity contribution in [1.29, 1.82) is 0 Å². The summed E-state index contributed by atoms with van der Waals surface area (Å²) < 4.78 is 41.2. The predicted molar refractivity (Wildman–Crippen MR) is 112 cm³/mol. The SMILES string of the molecule is CN(c1cccc(C#CC2(C(F)(F)F)CC2)c1)c1nc2nncn2c2cc(Cl)ccc12. The first kappa shape index (κ1) is 19.6. The van der Waals surface area contributed by atoms with E-state index in [-0.39, 0.29) is 12.8 Å². The van der Waals surface area contributed by atoms with Crippen LogP contribution in [0.15, 0.2) is 48.8 Å². The third-order valence-corrected chi connectivity index (χ3v) is 5.72. The maximum Gasteiger partial charge on any atom is 0.405 e. The van der Waals surface area contributed by atoms with Gasteiger partial charge in [0.2, 0.25) is 0 Å². The van der Waals surface area contributed by atoms with Gasteiger partial charge in [-0.2, -0.15) is 18.2 Å². The Balaban J connectivity index is 1.56. The molecule has 0 radical (unpaired) electrons. The fourth-order valence-electron chi connectivity index (χ4n) is 3.49. The van der Waals surface area contributed by atoms with E-state index in [1.807, 2.05) is 24.1 Å². The van der Waals surface area contributed by atoms with Gasteiger partial charge in [0.15, 0.2) is 0 Å². The second-order valence-electron chi connectivity index (χ2n) is 7.54. The van der Waals surface area contributed by atoms with E-state index >= 15 is 0 Å². The van der Waals surface area contributed by atoms with Gasteiger partial charge >= 0.3 is 6.18 Å². The number of hydrogen-bond donors (Lipinski definition) is 0. The Morgan fingerprint density at radius 1 is 1.16 bits per heavy atom. The average molecular weight is 442 g/mol. The van der Waals surface area contributed by atoms with E-state index in [1.165, 1.54) is 0 Å². The number of halogens is 4. The van der Waals surface area contributed by atoms with E-state index in [9.17, 15) is 13.2 Å². The molecule has 2 aromatic heterocycles. The molecule has 2 heterocycles. The Hall–Kier alpha value is -3.31. The average Bonchev–Trinajstić information content (AvgIpc) is 3.41. The molecule has 2 aromatic carbocycles. The molecule has 1 saturated carbocycles. The number of anilines is 2. The minimum absolute atomic E-state index is 0.0555. The van der Waals surface area contributed by atoms with Gasteiger partial charge in [0, 0.05) is 28.7 Å². The lowest BCUT2D eigenvalue weighted by atomic mass is 10.1. The van der Waals surface area contributed by atoms with E-state index in [2.05, 4.69) is 27.0 Å². The number of nitrogens with zero attached hydrogens (tertiary/aromatic N) is 5. The highest BCUT2D eigenvalue weighted by Crippen LogP contribution is 2.57. The van der Waals surface area contributed by atoms with Crippen molar-refractivity contribution in [3.63, 3.8) is 0 Å². The normalized spacial score (nSPS) is 15.0. The van der Waals surface area contributed by atoms with Crippen LogP contribution in [-0.4, -0.2) is 32.8 Å². The molecule has 0 saturated heterocycles. The first-order valence-corrected chi connectivity index (χ1v) is 9.88. The smallest absolute Gasteiger partial charge is 0.329 e. The van der Waals surface area contributed by atoms with Crippen molar-refractivity contribution in [3.05, 3.63) is 59.4 Å². The fraction of sp³-hybridized carbons (Fsp3) is 0.227.